The SMILES string of the molecule is COc1ccc(C2=C(F)CC(C)C2)cc1. The van der Waals surface area contributed by atoms with Gasteiger partial charge in [-0.05, 0) is 35.6 Å². The van der Waals surface area contributed by atoms with Gasteiger partial charge in [0, 0.05) is 6.42 Å². The fourth-order valence-corrected chi connectivity index (χ4v) is 2.03. The van der Waals surface area contributed by atoms with Crippen LogP contribution >= 0.6 is 0 Å². The summed E-state index contributed by atoms with van der Waals surface area (Å²) in [5, 5.41) is 0. The van der Waals surface area contributed by atoms with Gasteiger partial charge in [-0.2, -0.15) is 0 Å². The molecule has 80 valence electrons. The normalized spacial score (nSPS) is 20.9. The van der Waals surface area contributed by atoms with Crippen LogP contribution in [0, 0.1) is 5.92 Å². The molecule has 2 heteroatoms. The molecule has 1 aliphatic carbocycles. The van der Waals surface area contributed by atoms with E-state index >= 15 is 0 Å². The topological polar surface area (TPSA) is 9.23 Å². The number of hydrogen-bond acceptors (Lipinski definition) is 1. The van der Waals surface area contributed by atoms with Gasteiger partial charge >= 0.3 is 0 Å². The Morgan fingerprint density at radius 3 is 2.33 bits per heavy atom. The molecule has 0 fully saturated rings. The third-order valence-corrected chi connectivity index (χ3v) is 2.85. The van der Waals surface area contributed by atoms with E-state index in [-0.39, 0.29) is 5.83 Å². The van der Waals surface area contributed by atoms with Gasteiger partial charge in [0.1, 0.15) is 11.6 Å². The fourth-order valence-electron chi connectivity index (χ4n) is 2.03. The molecule has 1 unspecified atom stereocenters. The average molecular weight is 206 g/mol. The summed E-state index contributed by atoms with van der Waals surface area (Å²) in [5.41, 5.74) is 1.85. The van der Waals surface area contributed by atoms with Gasteiger partial charge in [-0.1, -0.05) is 19.1 Å². The Kier molecular flexibility index (Phi) is 2.76. The van der Waals surface area contributed by atoms with Gasteiger partial charge in [0.15, 0.2) is 0 Å². The van der Waals surface area contributed by atoms with E-state index < -0.39 is 0 Å². The molecule has 0 spiro atoms. The zero-order valence-electron chi connectivity index (χ0n) is 9.09. The van der Waals surface area contributed by atoms with Crippen molar-refractivity contribution in [1.29, 1.82) is 0 Å². The molecule has 1 atom stereocenters. The third-order valence-electron chi connectivity index (χ3n) is 2.85. The molecular weight excluding hydrogens is 191 g/mol. The van der Waals surface area contributed by atoms with Crippen molar-refractivity contribution in [2.24, 2.45) is 5.92 Å². The number of hydrogen-bond donors (Lipinski definition) is 0. The van der Waals surface area contributed by atoms with Gasteiger partial charge in [-0.3, -0.25) is 0 Å². The summed E-state index contributed by atoms with van der Waals surface area (Å²) in [7, 11) is 1.63. The number of methoxy groups -OCH3 is 1. The van der Waals surface area contributed by atoms with E-state index in [0.29, 0.717) is 12.3 Å². The minimum Gasteiger partial charge on any atom is -0.497 e. The van der Waals surface area contributed by atoms with E-state index in [0.717, 1.165) is 23.3 Å². The molecular formula is C13H15FO. The number of allylic oxidation sites excluding steroid dienone is 2. The lowest BCUT2D eigenvalue weighted by atomic mass is 10.0. The predicted octanol–water partition coefficient (Wildman–Crippen LogP) is 3.81. The van der Waals surface area contributed by atoms with E-state index in [4.69, 9.17) is 4.74 Å². The summed E-state index contributed by atoms with van der Waals surface area (Å²) in [5.74, 6) is 1.29. The first-order valence-corrected chi connectivity index (χ1v) is 5.22. The average Bonchev–Trinajstić information content (AvgIpc) is 2.58. The maximum absolute atomic E-state index is 13.6. The van der Waals surface area contributed by atoms with Crippen molar-refractivity contribution >= 4 is 5.57 Å². The molecule has 1 aliphatic rings. The minimum absolute atomic E-state index is 0.0488. The molecule has 0 saturated carbocycles. The largest absolute Gasteiger partial charge is 0.497 e. The molecule has 1 aromatic carbocycles. The zero-order valence-corrected chi connectivity index (χ0v) is 9.09. The lowest BCUT2D eigenvalue weighted by Crippen LogP contribution is -1.87. The van der Waals surface area contributed by atoms with Crippen molar-refractivity contribution in [3.05, 3.63) is 35.7 Å². The predicted molar refractivity (Wildman–Crippen MR) is 59.4 cm³/mol. The van der Waals surface area contributed by atoms with E-state index in [9.17, 15) is 4.39 Å². The second-order valence-electron chi connectivity index (χ2n) is 4.13. The molecule has 0 amide bonds. The van der Waals surface area contributed by atoms with Crippen molar-refractivity contribution < 1.29 is 9.13 Å². The van der Waals surface area contributed by atoms with Gasteiger partial charge in [-0.15, -0.1) is 0 Å². The van der Waals surface area contributed by atoms with Crippen molar-refractivity contribution in [2.75, 3.05) is 7.11 Å². The first kappa shape index (κ1) is 10.2. The Balaban J connectivity index is 2.26. The summed E-state index contributed by atoms with van der Waals surface area (Å²) >= 11 is 0. The molecule has 0 aromatic heterocycles. The maximum Gasteiger partial charge on any atom is 0.118 e. The first-order valence-electron chi connectivity index (χ1n) is 5.22. The van der Waals surface area contributed by atoms with E-state index in [1.165, 1.54) is 0 Å². The lowest BCUT2D eigenvalue weighted by Gasteiger charge is -2.05. The van der Waals surface area contributed by atoms with Crippen LogP contribution in [0.4, 0.5) is 4.39 Å². The lowest BCUT2D eigenvalue weighted by molar-refractivity contribution is 0.415. The molecule has 1 aromatic rings. The highest BCUT2D eigenvalue weighted by Crippen LogP contribution is 2.38. The molecule has 0 heterocycles. The van der Waals surface area contributed by atoms with Crippen LogP contribution in [0.2, 0.25) is 0 Å². The molecule has 0 aliphatic heterocycles. The van der Waals surface area contributed by atoms with Crippen LogP contribution in [0.5, 0.6) is 5.75 Å². The highest BCUT2D eigenvalue weighted by molar-refractivity contribution is 5.69. The molecule has 2 rings (SSSR count). The number of benzene rings is 1. The summed E-state index contributed by atoms with van der Waals surface area (Å²) < 4.78 is 18.6. The van der Waals surface area contributed by atoms with Crippen LogP contribution in [0.25, 0.3) is 5.57 Å². The molecule has 0 saturated heterocycles. The van der Waals surface area contributed by atoms with Crippen LogP contribution in [-0.4, -0.2) is 7.11 Å². The second-order valence-corrected chi connectivity index (χ2v) is 4.13. The van der Waals surface area contributed by atoms with Gasteiger partial charge in [0.2, 0.25) is 0 Å². The first-order chi connectivity index (χ1) is 7.20. The van der Waals surface area contributed by atoms with Crippen molar-refractivity contribution in [1.82, 2.24) is 0 Å². The Hall–Kier alpha value is -1.31. The zero-order chi connectivity index (χ0) is 10.8. The molecule has 0 bridgehead atoms. The van der Waals surface area contributed by atoms with Crippen molar-refractivity contribution in [2.45, 2.75) is 19.8 Å². The van der Waals surface area contributed by atoms with Crippen LogP contribution in [0.15, 0.2) is 30.1 Å². The van der Waals surface area contributed by atoms with Crippen LogP contribution in [-0.2, 0) is 0 Å². The number of ether oxygens (including phenoxy) is 1. The van der Waals surface area contributed by atoms with Gasteiger partial charge in [0.25, 0.3) is 0 Å². The van der Waals surface area contributed by atoms with Gasteiger partial charge in [0.05, 0.1) is 7.11 Å². The molecule has 15 heavy (non-hydrogen) atoms. The quantitative estimate of drug-likeness (QED) is 0.715. The maximum atomic E-state index is 13.6. The highest BCUT2D eigenvalue weighted by Gasteiger charge is 2.21. The number of halogens is 1. The number of rotatable bonds is 2. The molecule has 1 nitrogen and oxygen atoms in total. The van der Waals surface area contributed by atoms with E-state index in [1.54, 1.807) is 7.11 Å². The summed E-state index contributed by atoms with van der Waals surface area (Å²) in [4.78, 5) is 0. The van der Waals surface area contributed by atoms with Crippen LogP contribution in [0.3, 0.4) is 0 Å². The van der Waals surface area contributed by atoms with Crippen LogP contribution < -0.4 is 4.74 Å². The summed E-state index contributed by atoms with van der Waals surface area (Å²) in [6.45, 7) is 2.08. The van der Waals surface area contributed by atoms with E-state index in [2.05, 4.69) is 6.92 Å². The monoisotopic (exact) mass is 206 g/mol. The Morgan fingerprint density at radius 2 is 1.87 bits per heavy atom. The fraction of sp³-hybridized carbons (Fsp3) is 0.385. The van der Waals surface area contributed by atoms with Crippen molar-refractivity contribution in [3.8, 4) is 5.75 Å². The Labute approximate surface area is 89.6 Å². The second kappa shape index (κ2) is 4.05. The van der Waals surface area contributed by atoms with Gasteiger partial charge < -0.3 is 4.74 Å². The van der Waals surface area contributed by atoms with Crippen molar-refractivity contribution in [3.63, 3.8) is 0 Å². The smallest absolute Gasteiger partial charge is 0.118 e. The van der Waals surface area contributed by atoms with E-state index in [1.807, 2.05) is 24.3 Å². The summed E-state index contributed by atoms with van der Waals surface area (Å²) in [6, 6.07) is 7.59. The molecule has 0 N–H and O–H groups in total. The Morgan fingerprint density at radius 1 is 1.20 bits per heavy atom. The molecule has 0 radical (unpaired) electrons. The highest BCUT2D eigenvalue weighted by atomic mass is 19.1. The third kappa shape index (κ3) is 2.04. The summed E-state index contributed by atoms with van der Waals surface area (Å²) in [6.07, 6.45) is 1.43. The Bertz CT molecular complexity index is 378. The van der Waals surface area contributed by atoms with Gasteiger partial charge in [-0.25, -0.2) is 4.39 Å². The minimum atomic E-state index is 0.0488. The van der Waals surface area contributed by atoms with Crippen LogP contribution in [0.1, 0.15) is 25.3 Å². The standard InChI is InChI=1S/C13H15FO/c1-9-7-12(13(14)8-9)10-3-5-11(15-2)6-4-10/h3-6,9H,7-8H2,1-2H3.